The second-order valence-corrected chi connectivity index (χ2v) is 6.61. The summed E-state index contributed by atoms with van der Waals surface area (Å²) >= 11 is 0. The van der Waals surface area contributed by atoms with Crippen LogP contribution in [0.15, 0.2) is 12.2 Å². The third kappa shape index (κ3) is 22.7. The molecule has 0 saturated heterocycles. The molecule has 1 atom stereocenters. The Bertz CT molecular complexity index is 360. The normalized spacial score (nSPS) is 11.6. The van der Waals surface area contributed by atoms with E-state index >= 15 is 0 Å². The van der Waals surface area contributed by atoms with Gasteiger partial charge in [-0.05, 0) is 19.3 Å². The van der Waals surface area contributed by atoms with E-state index in [0.717, 1.165) is 19.3 Å². The van der Waals surface area contributed by atoms with Gasteiger partial charge in [0.15, 0.2) is 0 Å². The van der Waals surface area contributed by atoms with E-state index in [2.05, 4.69) is 6.92 Å². The molecule has 0 radical (unpaired) electrons. The molecule has 0 rings (SSSR count). The predicted octanol–water partition coefficient (Wildman–Crippen LogP) is -2.85. The molecule has 6 heteroatoms. The number of hydrogen-bond donors (Lipinski definition) is 0. The van der Waals surface area contributed by atoms with E-state index in [4.69, 9.17) is 0 Å². The molecule has 1 unspecified atom stereocenters. The first-order valence-corrected chi connectivity index (χ1v) is 9.65. The Morgan fingerprint density at radius 3 is 1.58 bits per heavy atom. The SMILES string of the molecule is CCCCCCCCCCCCCCC=CC(CC(=O)[O-])C(=O)[O-].[Na+].[Na+]. The van der Waals surface area contributed by atoms with Crippen LogP contribution in [0.25, 0.3) is 0 Å². The van der Waals surface area contributed by atoms with Gasteiger partial charge in [0.25, 0.3) is 0 Å². The number of carboxylic acids is 2. The largest absolute Gasteiger partial charge is 1.00 e. The van der Waals surface area contributed by atoms with Gasteiger partial charge in [0, 0.05) is 17.9 Å². The zero-order valence-electron chi connectivity index (χ0n) is 17.3. The third-order valence-electron chi connectivity index (χ3n) is 4.28. The number of aliphatic carboxylic acids is 2. The summed E-state index contributed by atoms with van der Waals surface area (Å²) in [7, 11) is 0. The fraction of sp³-hybridized carbons (Fsp3) is 0.800. The molecule has 0 saturated carbocycles. The van der Waals surface area contributed by atoms with Gasteiger partial charge in [-0.15, -0.1) is 0 Å². The molecule has 0 bridgehead atoms. The molecule has 0 aromatic rings. The average molecular weight is 384 g/mol. The van der Waals surface area contributed by atoms with Crippen molar-refractivity contribution in [3.8, 4) is 0 Å². The smallest absolute Gasteiger partial charge is 0.550 e. The van der Waals surface area contributed by atoms with Gasteiger partial charge in [0.05, 0.1) is 0 Å². The Kier molecular flexibility index (Phi) is 28.6. The second kappa shape index (κ2) is 23.7. The number of allylic oxidation sites excluding steroid dienone is 1. The Hall–Kier alpha value is 0.680. The maximum absolute atomic E-state index is 10.7. The van der Waals surface area contributed by atoms with Gasteiger partial charge in [-0.2, -0.15) is 0 Å². The van der Waals surface area contributed by atoms with E-state index in [1.54, 1.807) is 6.08 Å². The van der Waals surface area contributed by atoms with Crippen molar-refractivity contribution in [2.24, 2.45) is 5.92 Å². The Balaban J connectivity index is -0.00000264. The molecule has 4 nitrogen and oxygen atoms in total. The zero-order chi connectivity index (χ0) is 18.0. The zero-order valence-corrected chi connectivity index (χ0v) is 21.3. The van der Waals surface area contributed by atoms with E-state index in [-0.39, 0.29) is 59.1 Å². The van der Waals surface area contributed by atoms with Crippen molar-refractivity contribution < 1.29 is 78.9 Å². The number of hydrogen-bond acceptors (Lipinski definition) is 4. The topological polar surface area (TPSA) is 80.3 Å². The fourth-order valence-electron chi connectivity index (χ4n) is 2.77. The van der Waals surface area contributed by atoms with Crippen molar-refractivity contribution in [3.05, 3.63) is 12.2 Å². The molecule has 0 aliphatic carbocycles. The standard InChI is InChI=1S/C20H36O4.2Na/c1-2-3-4-5-6-7-8-9-10-11-12-13-14-15-16-18(20(23)24)17-19(21)22;;/h15-16,18H,2-14,17H2,1H3,(H,21,22)(H,23,24);;/q;2*+1/p-2. The summed E-state index contributed by atoms with van der Waals surface area (Å²) in [5, 5.41) is 21.2. The van der Waals surface area contributed by atoms with Crippen LogP contribution in [0, 0.1) is 5.92 Å². The summed E-state index contributed by atoms with van der Waals surface area (Å²) < 4.78 is 0. The van der Waals surface area contributed by atoms with E-state index < -0.39 is 24.3 Å². The Labute approximate surface area is 204 Å². The minimum absolute atomic E-state index is 0. The maximum atomic E-state index is 10.7. The molecule has 0 heterocycles. The Morgan fingerprint density at radius 2 is 1.19 bits per heavy atom. The van der Waals surface area contributed by atoms with Crippen molar-refractivity contribution in [2.45, 2.75) is 96.8 Å². The van der Waals surface area contributed by atoms with Crippen LogP contribution in [-0.4, -0.2) is 11.9 Å². The van der Waals surface area contributed by atoms with Crippen LogP contribution >= 0.6 is 0 Å². The molecule has 0 aliphatic heterocycles. The van der Waals surface area contributed by atoms with E-state index in [9.17, 15) is 19.8 Å². The van der Waals surface area contributed by atoms with Crippen LogP contribution in [0.2, 0.25) is 0 Å². The quantitative estimate of drug-likeness (QED) is 0.154. The fourth-order valence-corrected chi connectivity index (χ4v) is 2.77. The molecule has 0 amide bonds. The molecule has 0 aromatic carbocycles. The van der Waals surface area contributed by atoms with Crippen LogP contribution in [-0.2, 0) is 9.59 Å². The number of rotatable bonds is 17. The number of unbranched alkanes of at least 4 members (excludes halogenated alkanes) is 12. The van der Waals surface area contributed by atoms with Gasteiger partial charge in [-0.1, -0.05) is 89.7 Å². The molecular weight excluding hydrogens is 350 g/mol. The maximum Gasteiger partial charge on any atom is 1.00 e. The molecule has 140 valence electrons. The van der Waals surface area contributed by atoms with Gasteiger partial charge in [0.2, 0.25) is 0 Å². The summed E-state index contributed by atoms with van der Waals surface area (Å²) in [6.07, 6.45) is 18.9. The van der Waals surface area contributed by atoms with Crippen LogP contribution in [0.3, 0.4) is 0 Å². The number of carboxylic acid groups (broad SMARTS) is 2. The van der Waals surface area contributed by atoms with E-state index in [0.29, 0.717) is 0 Å². The van der Waals surface area contributed by atoms with Gasteiger partial charge >= 0.3 is 59.1 Å². The molecule has 26 heavy (non-hydrogen) atoms. The summed E-state index contributed by atoms with van der Waals surface area (Å²) in [4.78, 5) is 21.2. The first-order valence-electron chi connectivity index (χ1n) is 9.65. The molecule has 0 N–H and O–H groups in total. The van der Waals surface area contributed by atoms with Gasteiger partial charge in [-0.3, -0.25) is 0 Å². The van der Waals surface area contributed by atoms with Crippen LogP contribution in [0.1, 0.15) is 96.8 Å². The van der Waals surface area contributed by atoms with Crippen molar-refractivity contribution in [1.82, 2.24) is 0 Å². The first kappa shape index (κ1) is 31.4. The number of carbonyl (C=O) groups is 2. The van der Waals surface area contributed by atoms with Crippen molar-refractivity contribution in [1.29, 1.82) is 0 Å². The number of carbonyl (C=O) groups excluding carboxylic acids is 2. The van der Waals surface area contributed by atoms with Crippen molar-refractivity contribution >= 4 is 11.9 Å². The average Bonchev–Trinajstić information content (AvgIpc) is 2.53. The van der Waals surface area contributed by atoms with Gasteiger partial charge in [0.1, 0.15) is 0 Å². The summed E-state index contributed by atoms with van der Waals surface area (Å²) in [5.74, 6) is -3.79. The third-order valence-corrected chi connectivity index (χ3v) is 4.28. The summed E-state index contributed by atoms with van der Waals surface area (Å²) in [6, 6.07) is 0. The first-order chi connectivity index (χ1) is 11.6. The Morgan fingerprint density at radius 1 is 0.769 bits per heavy atom. The monoisotopic (exact) mass is 384 g/mol. The summed E-state index contributed by atoms with van der Waals surface area (Å²) in [6.45, 7) is 2.24. The van der Waals surface area contributed by atoms with E-state index in [1.165, 1.54) is 70.3 Å². The van der Waals surface area contributed by atoms with Crippen LogP contribution < -0.4 is 69.3 Å². The van der Waals surface area contributed by atoms with Crippen LogP contribution in [0.4, 0.5) is 0 Å². The minimum Gasteiger partial charge on any atom is -0.550 e. The van der Waals surface area contributed by atoms with Crippen molar-refractivity contribution in [2.75, 3.05) is 0 Å². The minimum atomic E-state index is -1.36. The molecular formula is C20H34Na2O4. The predicted molar refractivity (Wildman–Crippen MR) is 93.0 cm³/mol. The molecule has 0 spiro atoms. The molecule has 0 fully saturated rings. The van der Waals surface area contributed by atoms with Gasteiger partial charge in [-0.25, -0.2) is 0 Å². The van der Waals surface area contributed by atoms with E-state index in [1.807, 2.05) is 0 Å². The summed E-state index contributed by atoms with van der Waals surface area (Å²) in [5.41, 5.74) is 0. The van der Waals surface area contributed by atoms with Crippen LogP contribution in [0.5, 0.6) is 0 Å². The van der Waals surface area contributed by atoms with Crippen molar-refractivity contribution in [3.63, 3.8) is 0 Å². The molecule has 0 aliphatic rings. The van der Waals surface area contributed by atoms with Gasteiger partial charge < -0.3 is 19.8 Å². The molecule has 0 aromatic heterocycles. The second-order valence-electron chi connectivity index (χ2n) is 6.61.